The van der Waals surface area contributed by atoms with Gasteiger partial charge >= 0.3 is 5.97 Å². The lowest BCUT2D eigenvalue weighted by molar-refractivity contribution is -0.137. The van der Waals surface area contributed by atoms with Crippen LogP contribution in [0.25, 0.3) is 0 Å². The average molecular weight is 408 g/mol. The molecule has 2 rings (SSSR count). The summed E-state index contributed by atoms with van der Waals surface area (Å²) in [5, 5.41) is 39.1. The third kappa shape index (κ3) is 7.61. The van der Waals surface area contributed by atoms with E-state index in [2.05, 4.69) is 0 Å². The van der Waals surface area contributed by atoms with E-state index in [0.717, 1.165) is 0 Å². The molecule has 5 unspecified atom stereocenters. The molecular formula is C22H29FO6. The van der Waals surface area contributed by atoms with E-state index in [1.54, 1.807) is 18.2 Å². The molecular weight excluding hydrogens is 379 g/mol. The number of allylic oxidation sites excluding steroid dienone is 2. The average Bonchev–Trinajstić information content (AvgIpc) is 2.94. The van der Waals surface area contributed by atoms with E-state index in [9.17, 15) is 24.5 Å². The van der Waals surface area contributed by atoms with Gasteiger partial charge < -0.3 is 25.2 Å². The first-order chi connectivity index (χ1) is 13.9. The van der Waals surface area contributed by atoms with E-state index in [1.807, 2.05) is 12.2 Å². The maximum Gasteiger partial charge on any atom is 0.303 e. The Balaban J connectivity index is 1.84. The van der Waals surface area contributed by atoms with E-state index >= 15 is 0 Å². The molecule has 5 atom stereocenters. The lowest BCUT2D eigenvalue weighted by Crippen LogP contribution is -2.21. The van der Waals surface area contributed by atoms with Crippen LogP contribution in [-0.2, 0) is 4.79 Å². The molecule has 0 spiro atoms. The number of rotatable bonds is 11. The molecule has 1 aliphatic carbocycles. The number of hydrogen-bond donors (Lipinski definition) is 4. The van der Waals surface area contributed by atoms with Crippen molar-refractivity contribution in [2.75, 3.05) is 6.61 Å². The fourth-order valence-corrected chi connectivity index (χ4v) is 3.50. The van der Waals surface area contributed by atoms with Crippen molar-refractivity contribution in [2.45, 2.75) is 50.4 Å². The SMILES string of the molecule is O=C(O)CCCC=CCC1C(O)CC(O)C1C=CC(O)COc1ccccc1F. The number of hydrogen-bond acceptors (Lipinski definition) is 5. The van der Waals surface area contributed by atoms with Gasteiger partial charge in [0, 0.05) is 18.8 Å². The molecule has 6 nitrogen and oxygen atoms in total. The number of unbranched alkanes of at least 4 members (excludes halogenated alkanes) is 1. The van der Waals surface area contributed by atoms with Crippen LogP contribution in [0.15, 0.2) is 48.6 Å². The fourth-order valence-electron chi connectivity index (χ4n) is 3.50. The van der Waals surface area contributed by atoms with Crippen molar-refractivity contribution in [1.82, 2.24) is 0 Å². The summed E-state index contributed by atoms with van der Waals surface area (Å²) in [6, 6.07) is 5.93. The molecule has 0 heterocycles. The molecule has 0 aromatic heterocycles. The number of carbonyl (C=O) groups is 1. The Labute approximate surface area is 170 Å². The maximum absolute atomic E-state index is 13.5. The standard InChI is InChI=1S/C22H29FO6/c23-18-8-5-6-9-21(18)29-14-15(24)11-12-17-16(19(25)13-20(17)26)7-3-1-2-4-10-22(27)28/h1,3,5-6,8-9,11-12,15-17,19-20,24-26H,2,4,7,10,13-14H2,(H,27,28). The normalized spacial score (nSPS) is 25.7. The summed E-state index contributed by atoms with van der Waals surface area (Å²) in [5.74, 6) is -1.79. The van der Waals surface area contributed by atoms with Crippen LogP contribution >= 0.6 is 0 Å². The van der Waals surface area contributed by atoms with E-state index in [4.69, 9.17) is 9.84 Å². The van der Waals surface area contributed by atoms with Gasteiger partial charge in [-0.1, -0.05) is 36.4 Å². The highest BCUT2D eigenvalue weighted by atomic mass is 19.1. The second-order valence-corrected chi connectivity index (χ2v) is 7.30. The van der Waals surface area contributed by atoms with Gasteiger partial charge in [0.25, 0.3) is 0 Å². The maximum atomic E-state index is 13.5. The Morgan fingerprint density at radius 1 is 1.24 bits per heavy atom. The third-order valence-corrected chi connectivity index (χ3v) is 5.05. The molecule has 0 aliphatic heterocycles. The minimum atomic E-state index is -0.980. The zero-order chi connectivity index (χ0) is 21.2. The highest BCUT2D eigenvalue weighted by molar-refractivity contribution is 5.66. The molecule has 1 aromatic carbocycles. The highest BCUT2D eigenvalue weighted by Gasteiger charge is 2.39. The van der Waals surface area contributed by atoms with E-state index in [1.165, 1.54) is 18.2 Å². The largest absolute Gasteiger partial charge is 0.487 e. The quantitative estimate of drug-likeness (QED) is 0.331. The second-order valence-electron chi connectivity index (χ2n) is 7.30. The van der Waals surface area contributed by atoms with Crippen molar-refractivity contribution in [2.24, 2.45) is 11.8 Å². The number of carboxylic acids is 1. The van der Waals surface area contributed by atoms with E-state index < -0.39 is 30.1 Å². The van der Waals surface area contributed by atoms with Crippen molar-refractivity contribution >= 4 is 5.97 Å². The molecule has 0 saturated heterocycles. The predicted octanol–water partition coefficient (Wildman–Crippen LogP) is 2.68. The van der Waals surface area contributed by atoms with Gasteiger partial charge in [0.15, 0.2) is 11.6 Å². The van der Waals surface area contributed by atoms with Crippen LogP contribution < -0.4 is 4.74 Å². The molecule has 0 bridgehead atoms. The number of aliphatic hydroxyl groups excluding tert-OH is 3. The van der Waals surface area contributed by atoms with Crippen molar-refractivity contribution in [3.05, 3.63) is 54.4 Å². The smallest absolute Gasteiger partial charge is 0.303 e. The van der Waals surface area contributed by atoms with Gasteiger partial charge in [0.1, 0.15) is 12.7 Å². The summed E-state index contributed by atoms with van der Waals surface area (Å²) in [7, 11) is 0. The van der Waals surface area contributed by atoms with Gasteiger partial charge in [-0.3, -0.25) is 4.79 Å². The van der Waals surface area contributed by atoms with Crippen LogP contribution in [0.2, 0.25) is 0 Å². The monoisotopic (exact) mass is 408 g/mol. The van der Waals surface area contributed by atoms with Crippen molar-refractivity contribution in [3.8, 4) is 5.75 Å². The van der Waals surface area contributed by atoms with Crippen LogP contribution in [0.1, 0.15) is 32.1 Å². The molecule has 160 valence electrons. The summed E-state index contributed by atoms with van der Waals surface area (Å²) in [4.78, 5) is 10.5. The molecule has 1 aliphatic rings. The Morgan fingerprint density at radius 3 is 2.72 bits per heavy atom. The van der Waals surface area contributed by atoms with Crippen molar-refractivity contribution < 1.29 is 34.3 Å². The molecule has 29 heavy (non-hydrogen) atoms. The first-order valence-electron chi connectivity index (χ1n) is 9.85. The fraction of sp³-hybridized carbons (Fsp3) is 0.500. The lowest BCUT2D eigenvalue weighted by Gasteiger charge is -2.19. The molecule has 0 amide bonds. The summed E-state index contributed by atoms with van der Waals surface area (Å²) in [6.07, 6.45) is 6.72. The minimum Gasteiger partial charge on any atom is -0.487 e. The molecule has 4 N–H and O–H groups in total. The van der Waals surface area contributed by atoms with Gasteiger partial charge in [0.2, 0.25) is 0 Å². The zero-order valence-corrected chi connectivity index (χ0v) is 16.2. The number of aliphatic carboxylic acids is 1. The van der Waals surface area contributed by atoms with Gasteiger partial charge in [-0.25, -0.2) is 4.39 Å². The topological polar surface area (TPSA) is 107 Å². The molecule has 7 heteroatoms. The van der Waals surface area contributed by atoms with E-state index in [-0.39, 0.29) is 37.0 Å². The van der Waals surface area contributed by atoms with Crippen molar-refractivity contribution in [3.63, 3.8) is 0 Å². The lowest BCUT2D eigenvalue weighted by atomic mass is 9.89. The third-order valence-electron chi connectivity index (χ3n) is 5.05. The van der Waals surface area contributed by atoms with Gasteiger partial charge in [-0.05, 0) is 37.3 Å². The number of halogens is 1. The van der Waals surface area contributed by atoms with E-state index in [0.29, 0.717) is 19.3 Å². The second kappa shape index (κ2) is 11.7. The van der Waals surface area contributed by atoms with Gasteiger partial charge in [-0.2, -0.15) is 0 Å². The first-order valence-corrected chi connectivity index (χ1v) is 9.85. The van der Waals surface area contributed by atoms with Crippen molar-refractivity contribution in [1.29, 1.82) is 0 Å². The summed E-state index contributed by atoms with van der Waals surface area (Å²) in [5.41, 5.74) is 0. The Bertz CT molecular complexity index is 704. The Hall–Kier alpha value is -2.22. The molecule has 1 fully saturated rings. The number of ether oxygens (including phenoxy) is 1. The minimum absolute atomic E-state index is 0.0576. The number of benzene rings is 1. The van der Waals surface area contributed by atoms with Crippen LogP contribution in [-0.4, -0.2) is 51.3 Å². The van der Waals surface area contributed by atoms with Crippen LogP contribution in [0.4, 0.5) is 4.39 Å². The van der Waals surface area contributed by atoms with Crippen LogP contribution in [0.5, 0.6) is 5.75 Å². The van der Waals surface area contributed by atoms with Crippen LogP contribution in [0.3, 0.4) is 0 Å². The summed E-state index contributed by atoms with van der Waals surface area (Å²) >= 11 is 0. The van der Waals surface area contributed by atoms with Crippen LogP contribution in [0, 0.1) is 17.7 Å². The summed E-state index contributed by atoms with van der Waals surface area (Å²) < 4.78 is 18.8. The van der Waals surface area contributed by atoms with Gasteiger partial charge in [0.05, 0.1) is 12.2 Å². The molecule has 0 radical (unpaired) electrons. The number of para-hydroxylation sites is 1. The zero-order valence-electron chi connectivity index (χ0n) is 16.2. The number of aliphatic hydroxyl groups is 3. The summed E-state index contributed by atoms with van der Waals surface area (Å²) in [6.45, 7) is -0.128. The first kappa shape index (κ1) is 23.1. The molecule has 1 aromatic rings. The molecule has 1 saturated carbocycles. The Kier molecular flexibility index (Phi) is 9.31. The predicted molar refractivity (Wildman–Crippen MR) is 106 cm³/mol. The highest BCUT2D eigenvalue weighted by Crippen LogP contribution is 2.36. The van der Waals surface area contributed by atoms with Gasteiger partial charge in [-0.15, -0.1) is 0 Å². The number of carboxylic acid groups (broad SMARTS) is 1. The Morgan fingerprint density at radius 2 is 2.00 bits per heavy atom.